The molecule has 0 fully saturated rings. The van der Waals surface area contributed by atoms with Crippen LogP contribution in [0.1, 0.15) is 0 Å². The van der Waals surface area contributed by atoms with Gasteiger partial charge in [-0.1, -0.05) is 6.07 Å². The van der Waals surface area contributed by atoms with Crippen LogP contribution < -0.4 is 16.9 Å². The molecule has 0 bridgehead atoms. The monoisotopic (exact) mass is 375 g/mol. The van der Waals surface area contributed by atoms with Gasteiger partial charge in [-0.15, -0.1) is 5.10 Å². The number of hydrogen-bond donors (Lipinski definition) is 0. The van der Waals surface area contributed by atoms with Crippen LogP contribution in [0.3, 0.4) is 0 Å². The van der Waals surface area contributed by atoms with Gasteiger partial charge in [-0.3, -0.25) is 18.3 Å². The highest BCUT2D eigenvalue weighted by Gasteiger charge is 2.18. The first-order valence-electron chi connectivity index (χ1n) is 7.76. The average Bonchev–Trinajstić information content (AvgIpc) is 3.14. The Morgan fingerprint density at radius 2 is 1.81 bits per heavy atom. The Kier molecular flexibility index (Phi) is 3.58. The summed E-state index contributed by atoms with van der Waals surface area (Å²) in [5.41, 5.74) is -0.342. The van der Waals surface area contributed by atoms with E-state index in [9.17, 15) is 14.4 Å². The molecule has 0 saturated carbocycles. The Balaban J connectivity index is 1.82. The zero-order valence-electron chi connectivity index (χ0n) is 14.0. The van der Waals surface area contributed by atoms with Crippen LogP contribution >= 0.6 is 11.6 Å². The zero-order valence-corrected chi connectivity index (χ0v) is 14.7. The lowest BCUT2D eigenvalue weighted by atomic mass is 10.5. The highest BCUT2D eigenvalue weighted by molar-refractivity contribution is 6.29. The Bertz CT molecular complexity index is 1340. The van der Waals surface area contributed by atoms with E-state index >= 15 is 0 Å². The Hall–Kier alpha value is -3.14. The van der Waals surface area contributed by atoms with E-state index in [-0.39, 0.29) is 35.2 Å². The molecule has 0 N–H and O–H groups in total. The molecule has 26 heavy (non-hydrogen) atoms. The Labute approximate surface area is 150 Å². The fourth-order valence-electron chi connectivity index (χ4n) is 2.93. The van der Waals surface area contributed by atoms with Crippen molar-refractivity contribution in [2.75, 3.05) is 0 Å². The molecule has 134 valence electrons. The third-order valence-electron chi connectivity index (χ3n) is 4.33. The minimum atomic E-state index is -0.496. The molecular weight excluding hydrogens is 362 g/mol. The summed E-state index contributed by atoms with van der Waals surface area (Å²) in [4.78, 5) is 41.0. The number of imidazole rings is 1. The average molecular weight is 376 g/mol. The molecule has 4 heterocycles. The van der Waals surface area contributed by atoms with Crippen LogP contribution in [-0.4, -0.2) is 32.9 Å². The summed E-state index contributed by atoms with van der Waals surface area (Å²) in [5.74, 6) is 0. The highest BCUT2D eigenvalue weighted by atomic mass is 35.5. The van der Waals surface area contributed by atoms with Gasteiger partial charge in [0.15, 0.2) is 16.8 Å². The van der Waals surface area contributed by atoms with Gasteiger partial charge < -0.3 is 4.57 Å². The molecule has 0 aliphatic carbocycles. The molecule has 4 rings (SSSR count). The molecule has 0 aliphatic heterocycles. The zero-order chi connectivity index (χ0) is 18.6. The predicted molar refractivity (Wildman–Crippen MR) is 94.7 cm³/mol. The quantitative estimate of drug-likeness (QED) is 0.453. The molecule has 10 nitrogen and oxygen atoms in total. The van der Waals surface area contributed by atoms with Crippen LogP contribution in [0.4, 0.5) is 0 Å². The van der Waals surface area contributed by atoms with Gasteiger partial charge in [-0.05, 0) is 23.7 Å². The van der Waals surface area contributed by atoms with Crippen molar-refractivity contribution in [2.45, 2.75) is 13.1 Å². The van der Waals surface area contributed by atoms with E-state index in [0.717, 1.165) is 4.57 Å². The van der Waals surface area contributed by atoms with Gasteiger partial charge in [0, 0.05) is 26.8 Å². The number of halogens is 1. The first kappa shape index (κ1) is 16.3. The van der Waals surface area contributed by atoms with E-state index in [1.165, 1.54) is 32.3 Å². The van der Waals surface area contributed by atoms with E-state index in [1.54, 1.807) is 24.4 Å². The summed E-state index contributed by atoms with van der Waals surface area (Å²) in [6, 6.07) is 5.25. The fraction of sp³-hybridized carbons (Fsp3) is 0.267. The van der Waals surface area contributed by atoms with Crippen molar-refractivity contribution in [2.24, 2.45) is 14.1 Å². The SMILES string of the molecule is Cn1c(=O)c2c(nc(Cl)n2CCn2nc3ccccn3c2=O)n(C)c1=O. The molecular formula is C15H14ClN7O3. The topological polar surface area (TPSA) is 101 Å². The lowest BCUT2D eigenvalue weighted by molar-refractivity contribution is 0.525. The van der Waals surface area contributed by atoms with Crippen molar-refractivity contribution in [3.63, 3.8) is 0 Å². The number of fused-ring (bicyclic) bond motifs is 2. The third kappa shape index (κ3) is 2.22. The van der Waals surface area contributed by atoms with Gasteiger partial charge in [0.1, 0.15) is 0 Å². The van der Waals surface area contributed by atoms with Crippen molar-refractivity contribution in [1.82, 2.24) is 32.9 Å². The van der Waals surface area contributed by atoms with Crippen LogP contribution in [-0.2, 0) is 27.2 Å². The van der Waals surface area contributed by atoms with Gasteiger partial charge >= 0.3 is 11.4 Å². The smallest absolute Gasteiger partial charge is 0.307 e. The number of hydrogen-bond acceptors (Lipinski definition) is 5. The summed E-state index contributed by atoms with van der Waals surface area (Å²) in [5, 5.41) is 4.31. The molecule has 0 unspecified atom stereocenters. The van der Waals surface area contributed by atoms with Gasteiger partial charge in [-0.2, -0.15) is 4.98 Å². The number of pyridine rings is 1. The number of aryl methyl sites for hydroxylation is 3. The molecule has 4 aromatic rings. The normalized spacial score (nSPS) is 11.7. The van der Waals surface area contributed by atoms with E-state index in [0.29, 0.717) is 5.65 Å². The molecule has 0 atom stereocenters. The van der Waals surface area contributed by atoms with Crippen LogP contribution in [0.25, 0.3) is 16.8 Å². The first-order chi connectivity index (χ1) is 12.4. The fourth-order valence-corrected chi connectivity index (χ4v) is 3.18. The number of rotatable bonds is 3. The van der Waals surface area contributed by atoms with Crippen molar-refractivity contribution in [1.29, 1.82) is 0 Å². The lowest BCUT2D eigenvalue weighted by Gasteiger charge is -2.07. The summed E-state index contributed by atoms with van der Waals surface area (Å²) >= 11 is 6.18. The lowest BCUT2D eigenvalue weighted by Crippen LogP contribution is -2.37. The van der Waals surface area contributed by atoms with Crippen LogP contribution in [0, 0.1) is 0 Å². The molecule has 0 aromatic carbocycles. The van der Waals surface area contributed by atoms with Crippen LogP contribution in [0.2, 0.25) is 5.28 Å². The second kappa shape index (κ2) is 5.70. The number of aromatic nitrogens is 7. The maximum atomic E-state index is 12.5. The van der Waals surface area contributed by atoms with Crippen molar-refractivity contribution in [3.05, 3.63) is 61.0 Å². The summed E-state index contributed by atoms with van der Waals surface area (Å²) in [7, 11) is 2.91. The standard InChI is InChI=1S/C15H14ClN7O3/c1-19-11-10(12(24)20(2)14(19)25)22(13(16)17-11)7-8-23-15(26)21-6-4-3-5-9(21)18-23/h3-6H,7-8H2,1-2H3. The largest absolute Gasteiger partial charge is 0.350 e. The van der Waals surface area contributed by atoms with E-state index < -0.39 is 11.2 Å². The Morgan fingerprint density at radius 1 is 1.04 bits per heavy atom. The van der Waals surface area contributed by atoms with E-state index in [1.807, 2.05) is 0 Å². The molecule has 0 amide bonds. The number of nitrogens with zero attached hydrogens (tertiary/aromatic N) is 7. The van der Waals surface area contributed by atoms with Crippen LogP contribution in [0.15, 0.2) is 38.8 Å². The summed E-state index contributed by atoms with van der Waals surface area (Å²) in [6.07, 6.45) is 1.63. The van der Waals surface area contributed by atoms with Gasteiger partial charge in [0.2, 0.25) is 5.28 Å². The molecule has 11 heteroatoms. The second-order valence-electron chi connectivity index (χ2n) is 5.85. The van der Waals surface area contributed by atoms with Crippen molar-refractivity contribution < 1.29 is 0 Å². The first-order valence-corrected chi connectivity index (χ1v) is 8.14. The minimum absolute atomic E-state index is 0.0649. The summed E-state index contributed by atoms with van der Waals surface area (Å²) < 4.78 is 6.46. The molecule has 0 spiro atoms. The third-order valence-corrected chi connectivity index (χ3v) is 4.61. The van der Waals surface area contributed by atoms with Crippen molar-refractivity contribution >= 4 is 28.4 Å². The Morgan fingerprint density at radius 3 is 2.54 bits per heavy atom. The van der Waals surface area contributed by atoms with Gasteiger partial charge in [-0.25, -0.2) is 14.3 Å². The maximum absolute atomic E-state index is 12.5. The maximum Gasteiger partial charge on any atom is 0.350 e. The predicted octanol–water partition coefficient (Wildman–Crippen LogP) is -0.403. The minimum Gasteiger partial charge on any atom is -0.307 e. The van der Waals surface area contributed by atoms with E-state index in [4.69, 9.17) is 11.6 Å². The molecule has 0 aliphatic rings. The van der Waals surface area contributed by atoms with Crippen molar-refractivity contribution in [3.8, 4) is 0 Å². The van der Waals surface area contributed by atoms with E-state index in [2.05, 4.69) is 10.1 Å². The second-order valence-corrected chi connectivity index (χ2v) is 6.18. The van der Waals surface area contributed by atoms with Crippen LogP contribution in [0.5, 0.6) is 0 Å². The van der Waals surface area contributed by atoms with Gasteiger partial charge in [0.05, 0.1) is 6.54 Å². The molecule has 0 radical (unpaired) electrons. The highest BCUT2D eigenvalue weighted by Crippen LogP contribution is 2.15. The summed E-state index contributed by atoms with van der Waals surface area (Å²) in [6.45, 7) is 0.393. The molecule has 0 saturated heterocycles. The van der Waals surface area contributed by atoms with Gasteiger partial charge in [0.25, 0.3) is 5.56 Å². The molecule has 4 aromatic heterocycles.